The zero-order chi connectivity index (χ0) is 32.0. The van der Waals surface area contributed by atoms with Crippen LogP contribution in [-0.2, 0) is 16.9 Å². The van der Waals surface area contributed by atoms with E-state index in [4.69, 9.17) is 16.3 Å². The summed E-state index contributed by atoms with van der Waals surface area (Å²) in [6, 6.07) is 16.7. The molecule has 2 heterocycles. The van der Waals surface area contributed by atoms with E-state index in [1.54, 1.807) is 31.2 Å². The number of aliphatic hydroxyl groups is 1. The van der Waals surface area contributed by atoms with E-state index in [9.17, 15) is 19.1 Å². The third kappa shape index (κ3) is 7.95. The zero-order valence-corrected chi connectivity index (χ0v) is 25.4. The summed E-state index contributed by atoms with van der Waals surface area (Å²) in [5.41, 5.74) is -0.906. The molecule has 1 atom stereocenters. The van der Waals surface area contributed by atoms with E-state index in [0.717, 1.165) is 30.9 Å². The lowest BCUT2D eigenvalue weighted by Crippen LogP contribution is -2.48. The van der Waals surface area contributed by atoms with Crippen molar-refractivity contribution in [3.05, 3.63) is 107 Å². The standard InChI is InChI=1S/C32H33ClF2N6O4/c1-23(42)38-12-14-39(15-13-38)27-7-9-28(10-8-27)45-17-16-40(31(43)24-2-4-25(33)5-3-24)19-32(44,20-41-22-36-21-37-41)29-11-6-26(34)18-30(29)35/h2-11,18,21-22,44H,12-17,19-20H2,1H3. The molecule has 0 aliphatic carbocycles. The summed E-state index contributed by atoms with van der Waals surface area (Å²) in [5, 5.41) is 16.4. The highest BCUT2D eigenvalue weighted by atomic mass is 35.5. The number of piperazine rings is 1. The number of anilines is 1. The molecule has 1 aliphatic rings. The van der Waals surface area contributed by atoms with Gasteiger partial charge in [0.05, 0.1) is 19.6 Å². The first-order valence-electron chi connectivity index (χ1n) is 14.4. The zero-order valence-electron chi connectivity index (χ0n) is 24.7. The van der Waals surface area contributed by atoms with Crippen molar-refractivity contribution in [2.45, 2.75) is 19.1 Å². The first kappa shape index (κ1) is 31.9. The molecule has 236 valence electrons. The molecule has 1 aromatic heterocycles. The van der Waals surface area contributed by atoms with Gasteiger partial charge in [0.15, 0.2) is 0 Å². The van der Waals surface area contributed by atoms with Gasteiger partial charge in [-0.15, -0.1) is 0 Å². The van der Waals surface area contributed by atoms with Gasteiger partial charge in [0, 0.05) is 61.0 Å². The van der Waals surface area contributed by atoms with E-state index in [-0.39, 0.29) is 37.7 Å². The lowest BCUT2D eigenvalue weighted by atomic mass is 9.92. The number of benzene rings is 3. The van der Waals surface area contributed by atoms with E-state index in [2.05, 4.69) is 15.0 Å². The smallest absolute Gasteiger partial charge is 0.254 e. The average molecular weight is 639 g/mol. The Balaban J connectivity index is 1.33. The van der Waals surface area contributed by atoms with Crippen LogP contribution in [-0.4, -0.2) is 87.4 Å². The average Bonchev–Trinajstić information content (AvgIpc) is 3.53. The van der Waals surface area contributed by atoms with Crippen LogP contribution < -0.4 is 9.64 Å². The fraction of sp³-hybridized carbons (Fsp3) is 0.312. The molecule has 3 aromatic carbocycles. The van der Waals surface area contributed by atoms with Crippen molar-refractivity contribution in [2.24, 2.45) is 0 Å². The van der Waals surface area contributed by atoms with Crippen LogP contribution >= 0.6 is 11.6 Å². The third-order valence-electron chi connectivity index (χ3n) is 7.71. The summed E-state index contributed by atoms with van der Waals surface area (Å²) >= 11 is 6.03. The SMILES string of the molecule is CC(=O)N1CCN(c2ccc(OCCN(CC(O)(Cn3cncn3)c3ccc(F)cc3F)C(=O)c3ccc(Cl)cc3)cc2)CC1. The van der Waals surface area contributed by atoms with Crippen LogP contribution in [0, 0.1) is 11.6 Å². The fourth-order valence-corrected chi connectivity index (χ4v) is 5.45. The molecule has 1 unspecified atom stereocenters. The maximum absolute atomic E-state index is 15.1. The lowest BCUT2D eigenvalue weighted by Gasteiger charge is -2.35. The number of aromatic nitrogens is 3. The summed E-state index contributed by atoms with van der Waals surface area (Å²) in [6.07, 6.45) is 2.62. The molecule has 5 rings (SSSR count). The van der Waals surface area contributed by atoms with Gasteiger partial charge in [0.1, 0.15) is 42.2 Å². The van der Waals surface area contributed by atoms with Crippen LogP contribution in [0.2, 0.25) is 5.02 Å². The van der Waals surface area contributed by atoms with Crippen LogP contribution in [0.15, 0.2) is 79.4 Å². The maximum Gasteiger partial charge on any atom is 0.254 e. The van der Waals surface area contributed by atoms with Gasteiger partial charge in [-0.2, -0.15) is 5.10 Å². The number of halogens is 3. The molecule has 45 heavy (non-hydrogen) atoms. The molecule has 0 bridgehead atoms. The van der Waals surface area contributed by atoms with Crippen molar-refractivity contribution < 1.29 is 28.2 Å². The molecule has 1 aliphatic heterocycles. The quantitative estimate of drug-likeness (QED) is 0.265. The fourth-order valence-electron chi connectivity index (χ4n) is 5.32. The number of hydrogen-bond donors (Lipinski definition) is 1. The molecule has 2 amide bonds. The Morgan fingerprint density at radius 2 is 1.73 bits per heavy atom. The Morgan fingerprint density at radius 3 is 2.36 bits per heavy atom. The van der Waals surface area contributed by atoms with Crippen molar-refractivity contribution in [3.8, 4) is 5.75 Å². The molecule has 0 saturated carbocycles. The number of ether oxygens (including phenoxy) is 1. The largest absolute Gasteiger partial charge is 0.492 e. The van der Waals surface area contributed by atoms with Crippen LogP contribution in [0.25, 0.3) is 0 Å². The number of carbonyl (C=O) groups excluding carboxylic acids is 2. The highest BCUT2D eigenvalue weighted by Crippen LogP contribution is 2.29. The Labute approximate surface area is 264 Å². The minimum atomic E-state index is -2.01. The molecule has 0 spiro atoms. The normalized spacial score (nSPS) is 14.6. The van der Waals surface area contributed by atoms with Crippen molar-refractivity contribution in [1.29, 1.82) is 0 Å². The molecule has 1 N–H and O–H groups in total. The Morgan fingerprint density at radius 1 is 1.02 bits per heavy atom. The van der Waals surface area contributed by atoms with Gasteiger partial charge in [0.2, 0.25) is 5.91 Å². The first-order valence-corrected chi connectivity index (χ1v) is 14.8. The van der Waals surface area contributed by atoms with Crippen molar-refractivity contribution in [1.82, 2.24) is 24.6 Å². The Hall–Kier alpha value is -4.55. The minimum absolute atomic E-state index is 0.0265. The lowest BCUT2D eigenvalue weighted by molar-refractivity contribution is -0.129. The highest BCUT2D eigenvalue weighted by molar-refractivity contribution is 6.30. The molecule has 1 fully saturated rings. The second kappa shape index (κ2) is 14.0. The number of nitrogens with zero attached hydrogens (tertiary/aromatic N) is 6. The maximum atomic E-state index is 15.1. The highest BCUT2D eigenvalue weighted by Gasteiger charge is 2.37. The molecule has 4 aromatic rings. The van der Waals surface area contributed by atoms with Crippen LogP contribution in [0.1, 0.15) is 22.8 Å². The topological polar surface area (TPSA) is 104 Å². The summed E-state index contributed by atoms with van der Waals surface area (Å²) in [6.45, 7) is 3.81. The van der Waals surface area contributed by atoms with E-state index in [1.807, 2.05) is 29.2 Å². The predicted octanol–water partition coefficient (Wildman–Crippen LogP) is 3.99. The molecule has 13 heteroatoms. The van der Waals surface area contributed by atoms with Gasteiger partial charge in [-0.1, -0.05) is 17.7 Å². The van der Waals surface area contributed by atoms with Gasteiger partial charge in [-0.05, 0) is 54.6 Å². The van der Waals surface area contributed by atoms with Crippen molar-refractivity contribution in [3.63, 3.8) is 0 Å². The number of amides is 2. The summed E-state index contributed by atoms with van der Waals surface area (Å²) in [5.74, 6) is -1.57. The molecular formula is C32H33ClF2N6O4. The second-order valence-electron chi connectivity index (χ2n) is 10.8. The van der Waals surface area contributed by atoms with Gasteiger partial charge in [-0.3, -0.25) is 9.59 Å². The minimum Gasteiger partial charge on any atom is -0.492 e. The van der Waals surface area contributed by atoms with Gasteiger partial charge in [-0.25, -0.2) is 18.4 Å². The molecule has 0 radical (unpaired) electrons. The first-order chi connectivity index (χ1) is 21.6. The van der Waals surface area contributed by atoms with Crippen molar-refractivity contribution >= 4 is 29.1 Å². The third-order valence-corrected chi connectivity index (χ3v) is 7.96. The van der Waals surface area contributed by atoms with Crippen molar-refractivity contribution in [2.75, 3.05) is 50.8 Å². The van der Waals surface area contributed by atoms with Crippen LogP contribution in [0.5, 0.6) is 5.75 Å². The summed E-state index contributed by atoms with van der Waals surface area (Å²) in [7, 11) is 0. The molecule has 1 saturated heterocycles. The Kier molecular flexibility index (Phi) is 9.94. The number of rotatable bonds is 11. The van der Waals surface area contributed by atoms with E-state index in [0.29, 0.717) is 35.5 Å². The predicted molar refractivity (Wildman–Crippen MR) is 164 cm³/mol. The van der Waals surface area contributed by atoms with E-state index >= 15 is 4.39 Å². The number of hydrogen-bond acceptors (Lipinski definition) is 7. The Bertz CT molecular complexity index is 1600. The van der Waals surface area contributed by atoms with Gasteiger partial charge < -0.3 is 24.5 Å². The molecule has 10 nitrogen and oxygen atoms in total. The second-order valence-corrected chi connectivity index (χ2v) is 11.3. The monoisotopic (exact) mass is 638 g/mol. The number of carbonyl (C=O) groups is 2. The van der Waals surface area contributed by atoms with Crippen LogP contribution in [0.4, 0.5) is 14.5 Å². The summed E-state index contributed by atoms with van der Waals surface area (Å²) in [4.78, 5) is 34.6. The summed E-state index contributed by atoms with van der Waals surface area (Å²) < 4.78 is 36.2. The van der Waals surface area contributed by atoms with E-state index in [1.165, 1.54) is 22.2 Å². The van der Waals surface area contributed by atoms with E-state index < -0.39 is 23.1 Å². The van der Waals surface area contributed by atoms with Gasteiger partial charge >= 0.3 is 0 Å². The van der Waals surface area contributed by atoms with Gasteiger partial charge in [0.25, 0.3) is 5.91 Å². The molecular weight excluding hydrogens is 606 g/mol. The van der Waals surface area contributed by atoms with Crippen LogP contribution in [0.3, 0.4) is 0 Å².